The molecule has 0 radical (unpaired) electrons. The van der Waals surface area contributed by atoms with Crippen LogP contribution in [0.3, 0.4) is 0 Å². The van der Waals surface area contributed by atoms with Crippen molar-refractivity contribution < 1.29 is 8.83 Å². The Kier molecular flexibility index (Phi) is 7.17. The minimum atomic E-state index is 0.854. The third kappa shape index (κ3) is 5.20. The molecule has 0 bridgehead atoms. The second kappa shape index (κ2) is 12.6. The Morgan fingerprint density at radius 3 is 1.80 bits per heavy atom. The van der Waals surface area contributed by atoms with E-state index in [2.05, 4.69) is 193 Å². The molecule has 55 heavy (non-hydrogen) atoms. The molecule has 11 aromatic rings. The van der Waals surface area contributed by atoms with Crippen LogP contribution in [0.15, 0.2) is 209 Å². The molecule has 3 heteroatoms. The lowest BCUT2D eigenvalue weighted by Crippen LogP contribution is -2.10. The minimum Gasteiger partial charge on any atom is -0.456 e. The number of fused-ring (bicyclic) bond motifs is 8. The molecule has 0 saturated heterocycles. The summed E-state index contributed by atoms with van der Waals surface area (Å²) in [6.45, 7) is 0. The van der Waals surface area contributed by atoms with Crippen LogP contribution in [0.2, 0.25) is 0 Å². The summed E-state index contributed by atoms with van der Waals surface area (Å²) in [4.78, 5) is 2.35. The van der Waals surface area contributed by atoms with E-state index in [0.29, 0.717) is 0 Å². The molecule has 0 aliphatic carbocycles. The predicted molar refractivity (Wildman–Crippen MR) is 229 cm³/mol. The Labute approximate surface area is 317 Å². The fraction of sp³-hybridized carbons (Fsp3) is 0. The van der Waals surface area contributed by atoms with E-state index in [-0.39, 0.29) is 0 Å². The summed E-state index contributed by atoms with van der Waals surface area (Å²) >= 11 is 0. The van der Waals surface area contributed by atoms with Crippen LogP contribution < -0.4 is 4.90 Å². The monoisotopic (exact) mass is 703 g/mol. The second-order valence-corrected chi connectivity index (χ2v) is 14.1. The lowest BCUT2D eigenvalue weighted by molar-refractivity contribution is 0.669. The van der Waals surface area contributed by atoms with Gasteiger partial charge in [-0.2, -0.15) is 0 Å². The van der Waals surface area contributed by atoms with Gasteiger partial charge in [0, 0.05) is 32.9 Å². The van der Waals surface area contributed by atoms with Gasteiger partial charge in [0.05, 0.1) is 11.1 Å². The quantitative estimate of drug-likeness (QED) is 0.173. The molecule has 0 fully saturated rings. The highest BCUT2D eigenvalue weighted by Gasteiger charge is 2.22. The molecule has 9 aromatic carbocycles. The number of para-hydroxylation sites is 1. The third-order valence-electron chi connectivity index (χ3n) is 10.9. The van der Waals surface area contributed by atoms with Gasteiger partial charge < -0.3 is 13.7 Å². The molecule has 11 rings (SSSR count). The third-order valence-corrected chi connectivity index (χ3v) is 10.9. The zero-order valence-electron chi connectivity index (χ0n) is 29.8. The van der Waals surface area contributed by atoms with Crippen LogP contribution in [0.4, 0.5) is 17.1 Å². The molecule has 258 valence electrons. The first-order valence-electron chi connectivity index (χ1n) is 18.7. The molecule has 0 aliphatic heterocycles. The van der Waals surface area contributed by atoms with Crippen molar-refractivity contribution in [2.24, 2.45) is 0 Å². The van der Waals surface area contributed by atoms with E-state index in [1.165, 1.54) is 22.3 Å². The number of anilines is 3. The van der Waals surface area contributed by atoms with Gasteiger partial charge in [-0.1, -0.05) is 140 Å². The number of hydrogen-bond donors (Lipinski definition) is 0. The maximum absolute atomic E-state index is 6.67. The zero-order valence-corrected chi connectivity index (χ0v) is 29.8. The Morgan fingerprint density at radius 1 is 0.327 bits per heavy atom. The van der Waals surface area contributed by atoms with Gasteiger partial charge in [-0.25, -0.2) is 0 Å². The zero-order chi connectivity index (χ0) is 36.3. The molecule has 0 saturated carbocycles. The van der Waals surface area contributed by atoms with Crippen molar-refractivity contribution in [1.29, 1.82) is 0 Å². The van der Waals surface area contributed by atoms with Crippen LogP contribution in [-0.4, -0.2) is 0 Å². The highest BCUT2D eigenvalue weighted by molar-refractivity contribution is 6.20. The molecule has 3 nitrogen and oxygen atoms in total. The first-order chi connectivity index (χ1) is 27.3. The molecular weight excluding hydrogens is 671 g/mol. The molecule has 2 heterocycles. The van der Waals surface area contributed by atoms with Gasteiger partial charge in [-0.05, 0) is 99.4 Å². The number of nitrogens with zero attached hydrogens (tertiary/aromatic N) is 1. The van der Waals surface area contributed by atoms with Gasteiger partial charge in [0.25, 0.3) is 0 Å². The Balaban J connectivity index is 1.09. The van der Waals surface area contributed by atoms with Crippen LogP contribution in [0, 0.1) is 0 Å². The fourth-order valence-electron chi connectivity index (χ4n) is 8.25. The smallest absolute Gasteiger partial charge is 0.143 e. The Hall–Kier alpha value is -7.36. The summed E-state index contributed by atoms with van der Waals surface area (Å²) in [7, 11) is 0. The van der Waals surface area contributed by atoms with Crippen molar-refractivity contribution >= 4 is 71.7 Å². The average molecular weight is 704 g/mol. The van der Waals surface area contributed by atoms with E-state index in [0.717, 1.165) is 82.8 Å². The van der Waals surface area contributed by atoms with E-state index in [9.17, 15) is 0 Å². The van der Waals surface area contributed by atoms with Crippen molar-refractivity contribution in [1.82, 2.24) is 0 Å². The molecule has 0 atom stereocenters. The highest BCUT2D eigenvalue weighted by atomic mass is 16.3. The van der Waals surface area contributed by atoms with Crippen molar-refractivity contribution in [2.45, 2.75) is 0 Å². The first-order valence-corrected chi connectivity index (χ1v) is 18.7. The summed E-state index contributed by atoms with van der Waals surface area (Å²) in [5, 5.41) is 6.62. The summed E-state index contributed by atoms with van der Waals surface area (Å²) < 4.78 is 12.9. The maximum Gasteiger partial charge on any atom is 0.143 e. The number of hydrogen-bond acceptors (Lipinski definition) is 3. The lowest BCUT2D eigenvalue weighted by atomic mass is 9.91. The van der Waals surface area contributed by atoms with Crippen LogP contribution >= 0.6 is 0 Å². The van der Waals surface area contributed by atoms with Crippen molar-refractivity contribution in [3.63, 3.8) is 0 Å². The fourth-order valence-corrected chi connectivity index (χ4v) is 8.25. The van der Waals surface area contributed by atoms with Gasteiger partial charge in [0.2, 0.25) is 0 Å². The highest BCUT2D eigenvalue weighted by Crippen LogP contribution is 2.46. The van der Waals surface area contributed by atoms with Crippen LogP contribution in [0.1, 0.15) is 0 Å². The van der Waals surface area contributed by atoms with Gasteiger partial charge in [0.15, 0.2) is 0 Å². The van der Waals surface area contributed by atoms with Crippen LogP contribution in [0.5, 0.6) is 0 Å². The molecule has 0 amide bonds. The number of furan rings is 2. The van der Waals surface area contributed by atoms with E-state index < -0.39 is 0 Å². The standard InChI is InChI=1S/C52H33NO2/c1-3-12-35(13-4-1)41-29-25-38(32-45(41)36-14-5-2-6-15-36)34-22-26-39(27-23-34)53(40-28-31-49-46(33-40)43-18-9-10-20-48(43)54-49)47-19-11-21-50-51(47)44-30-24-37-16-7-8-17-42(37)52(44)55-50/h1-33H. The molecular formula is C52H33NO2. The molecule has 0 spiro atoms. The minimum absolute atomic E-state index is 0.854. The van der Waals surface area contributed by atoms with Crippen LogP contribution in [0.25, 0.3) is 88.0 Å². The summed E-state index contributed by atoms with van der Waals surface area (Å²) in [6.07, 6.45) is 0. The largest absolute Gasteiger partial charge is 0.456 e. The topological polar surface area (TPSA) is 29.5 Å². The maximum atomic E-state index is 6.67. The number of rotatable bonds is 6. The van der Waals surface area contributed by atoms with E-state index in [1.54, 1.807) is 0 Å². The lowest BCUT2D eigenvalue weighted by Gasteiger charge is -2.26. The van der Waals surface area contributed by atoms with E-state index >= 15 is 0 Å². The second-order valence-electron chi connectivity index (χ2n) is 14.1. The van der Waals surface area contributed by atoms with E-state index in [4.69, 9.17) is 8.83 Å². The van der Waals surface area contributed by atoms with Crippen molar-refractivity contribution in [3.05, 3.63) is 200 Å². The molecule has 0 aliphatic rings. The predicted octanol–water partition coefficient (Wildman–Crippen LogP) is 15.1. The van der Waals surface area contributed by atoms with Crippen LogP contribution in [-0.2, 0) is 0 Å². The van der Waals surface area contributed by atoms with E-state index in [1.807, 2.05) is 12.1 Å². The van der Waals surface area contributed by atoms with Gasteiger partial charge in [0.1, 0.15) is 22.3 Å². The van der Waals surface area contributed by atoms with Gasteiger partial charge in [-0.15, -0.1) is 0 Å². The average Bonchev–Trinajstić information content (AvgIpc) is 3.84. The Morgan fingerprint density at radius 2 is 0.982 bits per heavy atom. The van der Waals surface area contributed by atoms with Gasteiger partial charge in [-0.3, -0.25) is 0 Å². The summed E-state index contributed by atoms with van der Waals surface area (Å²) in [6, 6.07) is 71.0. The summed E-state index contributed by atoms with van der Waals surface area (Å²) in [5.74, 6) is 0. The molecule has 0 N–H and O–H groups in total. The molecule has 2 aromatic heterocycles. The van der Waals surface area contributed by atoms with Crippen molar-refractivity contribution in [3.8, 4) is 33.4 Å². The van der Waals surface area contributed by atoms with Gasteiger partial charge >= 0.3 is 0 Å². The molecule has 0 unspecified atom stereocenters. The Bertz CT molecular complexity index is 3190. The van der Waals surface area contributed by atoms with Crippen molar-refractivity contribution in [2.75, 3.05) is 4.90 Å². The summed E-state index contributed by atoms with van der Waals surface area (Å²) in [5.41, 5.74) is 13.8. The first kappa shape index (κ1) is 31.2. The SMILES string of the molecule is c1ccc(-c2ccc(-c3ccc(N(c4ccc5oc6ccccc6c5c4)c4cccc5oc6c7ccccc7ccc6c45)cc3)cc2-c2ccccc2)cc1. The number of benzene rings is 9. The normalized spacial score (nSPS) is 11.6.